The molecule has 0 spiro atoms. The van der Waals surface area contributed by atoms with E-state index < -0.39 is 0 Å². The first-order valence-corrected chi connectivity index (χ1v) is 6.67. The van der Waals surface area contributed by atoms with Crippen molar-refractivity contribution in [3.05, 3.63) is 23.8 Å². The summed E-state index contributed by atoms with van der Waals surface area (Å²) >= 11 is 0. The van der Waals surface area contributed by atoms with E-state index in [0.717, 1.165) is 6.42 Å². The first-order valence-electron chi connectivity index (χ1n) is 6.67. The minimum absolute atomic E-state index is 0.0533. The number of hydrogen-bond donors (Lipinski definition) is 2. The first kappa shape index (κ1) is 14.7. The van der Waals surface area contributed by atoms with Gasteiger partial charge in [0, 0.05) is 24.1 Å². The van der Waals surface area contributed by atoms with Gasteiger partial charge in [0.15, 0.2) is 0 Å². The van der Waals surface area contributed by atoms with E-state index in [9.17, 15) is 4.79 Å². The van der Waals surface area contributed by atoms with Crippen LogP contribution in [0.2, 0.25) is 0 Å². The van der Waals surface area contributed by atoms with Gasteiger partial charge in [0.25, 0.3) is 5.91 Å². The van der Waals surface area contributed by atoms with Gasteiger partial charge in [-0.1, -0.05) is 13.8 Å². The highest BCUT2D eigenvalue weighted by atomic mass is 16.5. The molecule has 1 aromatic carbocycles. The zero-order valence-corrected chi connectivity index (χ0v) is 12.4. The van der Waals surface area contributed by atoms with E-state index in [1.165, 1.54) is 7.11 Å². The number of rotatable bonds is 4. The van der Waals surface area contributed by atoms with Gasteiger partial charge in [-0.2, -0.15) is 0 Å². The van der Waals surface area contributed by atoms with E-state index in [4.69, 9.17) is 15.2 Å². The summed E-state index contributed by atoms with van der Waals surface area (Å²) in [6.07, 6.45) is 1.02. The number of anilines is 1. The highest BCUT2D eigenvalue weighted by Gasteiger charge is 2.49. The topological polar surface area (TPSA) is 73.6 Å². The lowest BCUT2D eigenvalue weighted by atomic mass is 9.64. The summed E-state index contributed by atoms with van der Waals surface area (Å²) in [5.41, 5.74) is 6.76. The van der Waals surface area contributed by atoms with E-state index in [0.29, 0.717) is 17.0 Å². The Bertz CT molecular complexity index is 514. The van der Waals surface area contributed by atoms with Crippen LogP contribution in [0.3, 0.4) is 0 Å². The Morgan fingerprint density at radius 2 is 2.10 bits per heavy atom. The van der Waals surface area contributed by atoms with E-state index >= 15 is 0 Å². The molecule has 1 saturated carbocycles. The molecule has 5 nitrogen and oxygen atoms in total. The molecule has 2 rings (SSSR count). The molecule has 1 aliphatic carbocycles. The molecule has 1 aromatic rings. The van der Waals surface area contributed by atoms with Crippen molar-refractivity contribution in [3.63, 3.8) is 0 Å². The van der Waals surface area contributed by atoms with Crippen molar-refractivity contribution < 1.29 is 14.3 Å². The first-order chi connectivity index (χ1) is 9.40. The monoisotopic (exact) mass is 278 g/mol. The van der Waals surface area contributed by atoms with E-state index in [1.54, 1.807) is 25.3 Å². The largest absolute Gasteiger partial charge is 0.495 e. The molecule has 110 valence electrons. The Labute approximate surface area is 119 Å². The van der Waals surface area contributed by atoms with Gasteiger partial charge in [-0.15, -0.1) is 0 Å². The van der Waals surface area contributed by atoms with Crippen molar-refractivity contribution >= 4 is 11.6 Å². The molecule has 0 radical (unpaired) electrons. The van der Waals surface area contributed by atoms with Crippen LogP contribution in [0.5, 0.6) is 5.75 Å². The average molecular weight is 278 g/mol. The fourth-order valence-corrected chi connectivity index (χ4v) is 2.62. The molecule has 5 heteroatoms. The molecule has 2 atom stereocenters. The van der Waals surface area contributed by atoms with Crippen molar-refractivity contribution in [2.75, 3.05) is 20.0 Å². The minimum atomic E-state index is -0.115. The number of nitrogens with two attached hydrogens (primary N) is 1. The van der Waals surface area contributed by atoms with Gasteiger partial charge in [0.05, 0.1) is 18.9 Å². The molecule has 0 aromatic heterocycles. The Hall–Kier alpha value is -1.75. The fraction of sp³-hybridized carbons (Fsp3) is 0.533. The number of carbonyl (C=O) groups excluding carboxylic acids is 1. The molecule has 1 amide bonds. The van der Waals surface area contributed by atoms with Crippen LogP contribution in [-0.4, -0.2) is 32.3 Å². The molecular formula is C15H22N2O3. The van der Waals surface area contributed by atoms with Gasteiger partial charge in [-0.05, 0) is 24.6 Å². The van der Waals surface area contributed by atoms with Gasteiger partial charge in [-0.3, -0.25) is 4.79 Å². The number of carbonyl (C=O) groups is 1. The lowest BCUT2D eigenvalue weighted by molar-refractivity contribution is -0.0942. The van der Waals surface area contributed by atoms with Crippen molar-refractivity contribution in [1.29, 1.82) is 0 Å². The number of amides is 1. The molecule has 0 bridgehead atoms. The third-order valence-corrected chi connectivity index (χ3v) is 4.26. The zero-order valence-electron chi connectivity index (χ0n) is 12.4. The molecule has 20 heavy (non-hydrogen) atoms. The molecule has 1 aliphatic rings. The summed E-state index contributed by atoms with van der Waals surface area (Å²) in [6, 6.07) is 5.15. The lowest BCUT2D eigenvalue weighted by Crippen LogP contribution is -2.61. The maximum atomic E-state index is 12.3. The standard InChI is InChI=1S/C15H22N2O3/c1-15(2)12(8-13(15)20-4)17-14(18)9-5-6-10(16)11(7-9)19-3/h5-7,12-13H,8,16H2,1-4H3,(H,17,18). The zero-order chi connectivity index (χ0) is 14.9. The van der Waals surface area contributed by atoms with Crippen LogP contribution >= 0.6 is 0 Å². The maximum Gasteiger partial charge on any atom is 0.251 e. The molecule has 0 aliphatic heterocycles. The molecular weight excluding hydrogens is 256 g/mol. The van der Waals surface area contributed by atoms with E-state index in [-0.39, 0.29) is 23.5 Å². The van der Waals surface area contributed by atoms with Crippen LogP contribution in [0.25, 0.3) is 0 Å². The van der Waals surface area contributed by atoms with E-state index in [1.807, 2.05) is 0 Å². The molecule has 0 saturated heterocycles. The normalized spacial score (nSPS) is 23.8. The second-order valence-corrected chi connectivity index (χ2v) is 5.76. The minimum Gasteiger partial charge on any atom is -0.495 e. The molecule has 1 fully saturated rings. The highest BCUT2D eigenvalue weighted by Crippen LogP contribution is 2.42. The predicted molar refractivity (Wildman–Crippen MR) is 77.9 cm³/mol. The van der Waals surface area contributed by atoms with Crippen LogP contribution in [-0.2, 0) is 4.74 Å². The number of nitrogens with one attached hydrogen (secondary N) is 1. The Morgan fingerprint density at radius 1 is 1.40 bits per heavy atom. The molecule has 0 heterocycles. The number of nitrogen functional groups attached to an aromatic ring is 1. The van der Waals surface area contributed by atoms with Crippen LogP contribution in [0.1, 0.15) is 30.6 Å². The van der Waals surface area contributed by atoms with Gasteiger partial charge >= 0.3 is 0 Å². The maximum absolute atomic E-state index is 12.3. The smallest absolute Gasteiger partial charge is 0.251 e. The molecule has 3 N–H and O–H groups in total. The summed E-state index contributed by atoms with van der Waals surface area (Å²) in [7, 11) is 3.24. The number of benzene rings is 1. The van der Waals surface area contributed by atoms with Crippen molar-refractivity contribution in [1.82, 2.24) is 5.32 Å². The summed E-state index contributed by atoms with van der Waals surface area (Å²) in [4.78, 5) is 12.3. The number of hydrogen-bond acceptors (Lipinski definition) is 4. The summed E-state index contributed by atoms with van der Waals surface area (Å²) in [5.74, 6) is 0.399. The third kappa shape index (κ3) is 2.45. The second-order valence-electron chi connectivity index (χ2n) is 5.76. The average Bonchev–Trinajstić information content (AvgIpc) is 2.43. The Balaban J connectivity index is 2.06. The SMILES string of the molecule is COc1cc(C(=O)NC2CC(OC)C2(C)C)ccc1N. The van der Waals surface area contributed by atoms with Gasteiger partial charge in [0.1, 0.15) is 5.75 Å². The van der Waals surface area contributed by atoms with Crippen LogP contribution in [0, 0.1) is 5.41 Å². The van der Waals surface area contributed by atoms with Crippen LogP contribution in [0.4, 0.5) is 5.69 Å². The highest BCUT2D eigenvalue weighted by molar-refractivity contribution is 5.95. The third-order valence-electron chi connectivity index (χ3n) is 4.26. The predicted octanol–water partition coefficient (Wildman–Crippen LogP) is 1.82. The number of methoxy groups -OCH3 is 2. The van der Waals surface area contributed by atoms with Crippen LogP contribution in [0.15, 0.2) is 18.2 Å². The number of ether oxygens (including phenoxy) is 2. The second kappa shape index (κ2) is 5.32. The lowest BCUT2D eigenvalue weighted by Gasteiger charge is -2.51. The summed E-state index contributed by atoms with van der Waals surface area (Å²) in [5, 5.41) is 3.04. The Morgan fingerprint density at radius 3 is 2.65 bits per heavy atom. The van der Waals surface area contributed by atoms with Gasteiger partial charge in [0.2, 0.25) is 0 Å². The Kier molecular flexibility index (Phi) is 3.90. The van der Waals surface area contributed by atoms with Gasteiger partial charge in [-0.25, -0.2) is 0 Å². The van der Waals surface area contributed by atoms with Crippen molar-refractivity contribution in [3.8, 4) is 5.75 Å². The van der Waals surface area contributed by atoms with Crippen molar-refractivity contribution in [2.45, 2.75) is 32.4 Å². The molecule has 2 unspecified atom stereocenters. The van der Waals surface area contributed by atoms with Crippen molar-refractivity contribution in [2.24, 2.45) is 5.41 Å². The summed E-state index contributed by atoms with van der Waals surface area (Å²) in [6.45, 7) is 4.19. The quantitative estimate of drug-likeness (QED) is 0.824. The van der Waals surface area contributed by atoms with Crippen LogP contribution < -0.4 is 15.8 Å². The summed E-state index contributed by atoms with van der Waals surface area (Å²) < 4.78 is 10.5. The van der Waals surface area contributed by atoms with E-state index in [2.05, 4.69) is 19.2 Å². The van der Waals surface area contributed by atoms with Gasteiger partial charge < -0.3 is 20.5 Å². The fourth-order valence-electron chi connectivity index (χ4n) is 2.62.